The molecule has 2 N–H and O–H groups in total. The van der Waals surface area contributed by atoms with E-state index in [1.165, 1.54) is 18.4 Å². The van der Waals surface area contributed by atoms with E-state index < -0.39 is 0 Å². The maximum atomic E-state index is 11.3. The summed E-state index contributed by atoms with van der Waals surface area (Å²) >= 11 is 0. The molecule has 98 valence electrons. The van der Waals surface area contributed by atoms with E-state index in [2.05, 4.69) is 10.6 Å². The van der Waals surface area contributed by atoms with Gasteiger partial charge in [0.2, 0.25) is 11.8 Å². The van der Waals surface area contributed by atoms with E-state index in [1.54, 1.807) is 19.2 Å². The van der Waals surface area contributed by atoms with Gasteiger partial charge in [-0.05, 0) is 18.2 Å². The molecule has 0 aliphatic carbocycles. The number of ether oxygens (including phenoxy) is 1. The van der Waals surface area contributed by atoms with Crippen LogP contribution in [0.25, 0.3) is 6.08 Å². The molecule has 0 atom stereocenters. The SMILES string of the molecule is COCCNC(=O)CNC(=O)/C=C/c1ccco1. The minimum atomic E-state index is -0.353. The van der Waals surface area contributed by atoms with Crippen LogP contribution in [0.4, 0.5) is 0 Å². The Morgan fingerprint density at radius 3 is 2.94 bits per heavy atom. The second kappa shape index (κ2) is 8.08. The van der Waals surface area contributed by atoms with E-state index in [0.717, 1.165) is 0 Å². The molecule has 0 saturated heterocycles. The van der Waals surface area contributed by atoms with Crippen molar-refractivity contribution in [1.29, 1.82) is 0 Å². The van der Waals surface area contributed by atoms with Crippen LogP contribution in [0, 0.1) is 0 Å². The molecule has 0 radical (unpaired) electrons. The molecule has 1 rings (SSSR count). The molecule has 0 fully saturated rings. The lowest BCUT2D eigenvalue weighted by Gasteiger charge is -2.04. The molecular weight excluding hydrogens is 236 g/mol. The van der Waals surface area contributed by atoms with E-state index in [4.69, 9.17) is 9.15 Å². The summed E-state index contributed by atoms with van der Waals surface area (Å²) in [7, 11) is 1.55. The molecule has 0 aliphatic rings. The Kier molecular flexibility index (Phi) is 6.27. The maximum absolute atomic E-state index is 11.3. The van der Waals surface area contributed by atoms with Crippen molar-refractivity contribution < 1.29 is 18.7 Å². The summed E-state index contributed by atoms with van der Waals surface area (Å²) in [5, 5.41) is 5.04. The van der Waals surface area contributed by atoms with Gasteiger partial charge in [-0.25, -0.2) is 0 Å². The number of nitrogens with one attached hydrogen (secondary N) is 2. The molecule has 1 heterocycles. The molecule has 0 saturated carbocycles. The molecule has 0 aromatic carbocycles. The van der Waals surface area contributed by atoms with Gasteiger partial charge in [0, 0.05) is 19.7 Å². The molecule has 1 aromatic rings. The van der Waals surface area contributed by atoms with Crippen molar-refractivity contribution in [2.24, 2.45) is 0 Å². The topological polar surface area (TPSA) is 80.6 Å². The minimum absolute atomic E-state index is 0.0644. The Morgan fingerprint density at radius 2 is 2.28 bits per heavy atom. The van der Waals surface area contributed by atoms with Gasteiger partial charge in [-0.3, -0.25) is 9.59 Å². The lowest BCUT2D eigenvalue weighted by Crippen LogP contribution is -2.37. The van der Waals surface area contributed by atoms with Crippen molar-refractivity contribution in [3.63, 3.8) is 0 Å². The Morgan fingerprint density at radius 1 is 1.44 bits per heavy atom. The van der Waals surface area contributed by atoms with Crippen LogP contribution in [0.3, 0.4) is 0 Å². The van der Waals surface area contributed by atoms with Crippen molar-refractivity contribution >= 4 is 17.9 Å². The van der Waals surface area contributed by atoms with E-state index >= 15 is 0 Å². The summed E-state index contributed by atoms with van der Waals surface area (Å²) in [6.45, 7) is 0.802. The molecule has 0 unspecified atom stereocenters. The molecule has 2 amide bonds. The third kappa shape index (κ3) is 5.86. The quantitative estimate of drug-likeness (QED) is 0.535. The third-order valence-electron chi connectivity index (χ3n) is 1.99. The number of hydrogen-bond donors (Lipinski definition) is 2. The zero-order valence-electron chi connectivity index (χ0n) is 10.1. The number of rotatable bonds is 7. The van der Waals surface area contributed by atoms with Gasteiger partial charge >= 0.3 is 0 Å². The van der Waals surface area contributed by atoms with E-state index in [9.17, 15) is 9.59 Å². The summed E-state index contributed by atoms with van der Waals surface area (Å²) in [6, 6.07) is 3.45. The van der Waals surface area contributed by atoms with Crippen LogP contribution in [0.1, 0.15) is 5.76 Å². The maximum Gasteiger partial charge on any atom is 0.244 e. The van der Waals surface area contributed by atoms with Gasteiger partial charge in [0.25, 0.3) is 0 Å². The highest BCUT2D eigenvalue weighted by molar-refractivity contribution is 5.93. The van der Waals surface area contributed by atoms with Gasteiger partial charge < -0.3 is 19.8 Å². The Bertz CT molecular complexity index is 398. The zero-order valence-corrected chi connectivity index (χ0v) is 10.1. The first kappa shape index (κ1) is 14.0. The highest BCUT2D eigenvalue weighted by atomic mass is 16.5. The monoisotopic (exact) mass is 252 g/mol. The normalized spacial score (nSPS) is 10.5. The van der Waals surface area contributed by atoms with E-state index in [-0.39, 0.29) is 18.4 Å². The third-order valence-corrected chi connectivity index (χ3v) is 1.99. The van der Waals surface area contributed by atoms with E-state index in [1.807, 2.05) is 0 Å². The van der Waals surface area contributed by atoms with Crippen LogP contribution in [-0.2, 0) is 14.3 Å². The van der Waals surface area contributed by atoms with Crippen LogP contribution in [0.2, 0.25) is 0 Å². The zero-order chi connectivity index (χ0) is 13.2. The molecule has 0 aliphatic heterocycles. The first-order valence-corrected chi connectivity index (χ1v) is 5.47. The van der Waals surface area contributed by atoms with Crippen LogP contribution in [-0.4, -0.2) is 38.6 Å². The van der Waals surface area contributed by atoms with Crippen LogP contribution >= 0.6 is 0 Å². The molecule has 0 bridgehead atoms. The van der Waals surface area contributed by atoms with Crippen molar-refractivity contribution in [2.45, 2.75) is 0 Å². The lowest BCUT2D eigenvalue weighted by molar-refractivity contribution is -0.124. The number of furan rings is 1. The number of carbonyl (C=O) groups excluding carboxylic acids is 2. The summed E-state index contributed by atoms with van der Waals surface area (Å²) in [5.41, 5.74) is 0. The summed E-state index contributed by atoms with van der Waals surface area (Å²) in [5.74, 6) is -0.0326. The fourth-order valence-electron chi connectivity index (χ4n) is 1.13. The molecular formula is C12H16N2O4. The average Bonchev–Trinajstić information content (AvgIpc) is 2.87. The van der Waals surface area contributed by atoms with Crippen molar-refractivity contribution in [1.82, 2.24) is 10.6 Å². The van der Waals surface area contributed by atoms with Crippen molar-refractivity contribution in [3.05, 3.63) is 30.2 Å². The largest absolute Gasteiger partial charge is 0.465 e. The summed E-state index contributed by atoms with van der Waals surface area (Å²) in [6.07, 6.45) is 4.35. The predicted molar refractivity (Wildman–Crippen MR) is 65.6 cm³/mol. The average molecular weight is 252 g/mol. The highest BCUT2D eigenvalue weighted by Crippen LogP contribution is 2.01. The minimum Gasteiger partial charge on any atom is -0.465 e. The predicted octanol–water partition coefficient (Wildman–Crippen LogP) is 0.172. The van der Waals surface area contributed by atoms with Gasteiger partial charge in [0.1, 0.15) is 5.76 Å². The van der Waals surface area contributed by atoms with E-state index in [0.29, 0.717) is 18.9 Å². The number of carbonyl (C=O) groups is 2. The molecule has 18 heavy (non-hydrogen) atoms. The Hall–Kier alpha value is -2.08. The molecule has 6 nitrogen and oxygen atoms in total. The van der Waals surface area contributed by atoms with Gasteiger partial charge in [0.15, 0.2) is 0 Å². The molecule has 1 aromatic heterocycles. The second-order valence-corrected chi connectivity index (χ2v) is 3.41. The molecule has 0 spiro atoms. The molecule has 6 heteroatoms. The van der Waals surface area contributed by atoms with Gasteiger partial charge in [0.05, 0.1) is 19.4 Å². The Balaban J connectivity index is 2.18. The van der Waals surface area contributed by atoms with Gasteiger partial charge in [-0.15, -0.1) is 0 Å². The summed E-state index contributed by atoms with van der Waals surface area (Å²) in [4.78, 5) is 22.6. The van der Waals surface area contributed by atoms with Crippen LogP contribution < -0.4 is 10.6 Å². The standard InChI is InChI=1S/C12H16N2O4/c1-17-8-6-13-12(16)9-14-11(15)5-4-10-3-2-7-18-10/h2-5,7H,6,8-9H2,1H3,(H,13,16)(H,14,15)/b5-4+. The summed E-state index contributed by atoms with van der Waals surface area (Å²) < 4.78 is 9.79. The smallest absolute Gasteiger partial charge is 0.244 e. The first-order valence-electron chi connectivity index (χ1n) is 5.47. The fraction of sp³-hybridized carbons (Fsp3) is 0.333. The van der Waals surface area contributed by atoms with Gasteiger partial charge in [-0.2, -0.15) is 0 Å². The number of methoxy groups -OCH3 is 1. The van der Waals surface area contributed by atoms with Crippen molar-refractivity contribution in [3.8, 4) is 0 Å². The van der Waals surface area contributed by atoms with Gasteiger partial charge in [-0.1, -0.05) is 0 Å². The Labute approximate surface area is 105 Å². The first-order chi connectivity index (χ1) is 8.72. The fourth-order valence-corrected chi connectivity index (χ4v) is 1.13. The van der Waals surface area contributed by atoms with Crippen LogP contribution in [0.15, 0.2) is 28.9 Å². The van der Waals surface area contributed by atoms with Crippen LogP contribution in [0.5, 0.6) is 0 Å². The lowest BCUT2D eigenvalue weighted by atomic mass is 10.4. The highest BCUT2D eigenvalue weighted by Gasteiger charge is 2.02. The number of hydrogen-bond acceptors (Lipinski definition) is 4. The second-order valence-electron chi connectivity index (χ2n) is 3.41. The number of amides is 2. The van der Waals surface area contributed by atoms with Crippen molar-refractivity contribution in [2.75, 3.05) is 26.8 Å².